The van der Waals surface area contributed by atoms with Crippen LogP contribution >= 0.6 is 0 Å². The average molecular weight is 617 g/mol. The Balaban J connectivity index is 1.30. The summed E-state index contributed by atoms with van der Waals surface area (Å²) in [5.74, 6) is 4.22. The van der Waals surface area contributed by atoms with Crippen molar-refractivity contribution in [1.82, 2.24) is 24.3 Å². The van der Waals surface area contributed by atoms with Gasteiger partial charge in [-0.1, -0.05) is 49.7 Å². The van der Waals surface area contributed by atoms with E-state index in [0.29, 0.717) is 28.8 Å². The number of nitriles is 1. The number of fused-ring (bicyclic) bond motifs is 3. The summed E-state index contributed by atoms with van der Waals surface area (Å²) in [5.41, 5.74) is 9.23. The number of hydrogen-bond donors (Lipinski definition) is 0. The molecule has 0 unspecified atom stereocenters. The first kappa shape index (κ1) is 29.9. The minimum Gasteiger partial charge on any atom is -0.457 e. The van der Waals surface area contributed by atoms with Crippen LogP contribution in [-0.4, -0.2) is 24.3 Å². The Morgan fingerprint density at radius 1 is 0.809 bits per heavy atom. The molecule has 4 aromatic carbocycles. The number of nitrogens with zero attached hydrogens (tertiary/aromatic N) is 6. The van der Waals surface area contributed by atoms with Gasteiger partial charge in [0, 0.05) is 28.6 Å². The molecular formula is C40H36N6O. The van der Waals surface area contributed by atoms with Crippen molar-refractivity contribution in [2.45, 2.75) is 48.0 Å². The number of hydrogen-bond acceptors (Lipinski definition) is 5. The Morgan fingerprint density at radius 3 is 2.32 bits per heavy atom. The van der Waals surface area contributed by atoms with Gasteiger partial charge < -0.3 is 4.74 Å². The third kappa shape index (κ3) is 5.64. The summed E-state index contributed by atoms with van der Waals surface area (Å²) in [5, 5.41) is 16.4. The molecule has 0 saturated heterocycles. The van der Waals surface area contributed by atoms with Crippen LogP contribution in [0, 0.1) is 44.9 Å². The molecule has 0 N–H and O–H groups in total. The van der Waals surface area contributed by atoms with Crippen molar-refractivity contribution >= 4 is 21.8 Å². The summed E-state index contributed by atoms with van der Waals surface area (Å²) in [6.45, 7) is 12.7. The lowest BCUT2D eigenvalue weighted by Crippen LogP contribution is -2.05. The Hall–Kier alpha value is -5.74. The summed E-state index contributed by atoms with van der Waals surface area (Å²) in [6.07, 6.45) is 2.94. The number of pyridine rings is 1. The van der Waals surface area contributed by atoms with E-state index < -0.39 is 0 Å². The quantitative estimate of drug-likeness (QED) is 0.178. The standard InChI is InChI=1S/C40H36N6O/c1-24(2)16-30-11-15-38(42-23-30)45-36-14-10-29(22-41)19-35(36)34-13-12-33(21-37(34)45)47-32-9-7-8-31(20-32)40-43-28(6)44-46(40)39-26(4)17-25(3)18-27(39)5/h7-15,17-21,23-24H,16H2,1-6H3. The molecule has 0 amide bonds. The summed E-state index contributed by atoms with van der Waals surface area (Å²) in [6, 6.07) is 30.7. The molecule has 0 bridgehead atoms. The highest BCUT2D eigenvalue weighted by Crippen LogP contribution is 2.36. The molecule has 7 aromatic rings. The largest absolute Gasteiger partial charge is 0.457 e. The Bertz CT molecular complexity index is 2310. The maximum atomic E-state index is 9.63. The molecule has 0 atom stereocenters. The van der Waals surface area contributed by atoms with E-state index in [9.17, 15) is 5.26 Å². The van der Waals surface area contributed by atoms with Crippen LogP contribution in [-0.2, 0) is 6.42 Å². The van der Waals surface area contributed by atoms with E-state index in [1.807, 2.05) is 72.4 Å². The zero-order valence-corrected chi connectivity index (χ0v) is 27.5. The highest BCUT2D eigenvalue weighted by Gasteiger charge is 2.18. The lowest BCUT2D eigenvalue weighted by Gasteiger charge is -2.14. The highest BCUT2D eigenvalue weighted by molar-refractivity contribution is 6.09. The van der Waals surface area contributed by atoms with E-state index in [2.05, 4.69) is 75.6 Å². The molecule has 7 rings (SSSR count). The van der Waals surface area contributed by atoms with Crippen molar-refractivity contribution < 1.29 is 4.74 Å². The topological polar surface area (TPSA) is 81.5 Å². The first-order chi connectivity index (χ1) is 22.7. The van der Waals surface area contributed by atoms with Gasteiger partial charge >= 0.3 is 0 Å². The second-order valence-electron chi connectivity index (χ2n) is 12.8. The van der Waals surface area contributed by atoms with Crippen LogP contribution < -0.4 is 4.74 Å². The Morgan fingerprint density at radius 2 is 1.60 bits per heavy atom. The molecule has 0 aliphatic heterocycles. The lowest BCUT2D eigenvalue weighted by atomic mass is 10.0. The molecule has 3 heterocycles. The molecule has 0 aliphatic carbocycles. The highest BCUT2D eigenvalue weighted by atomic mass is 16.5. The molecule has 47 heavy (non-hydrogen) atoms. The van der Waals surface area contributed by atoms with Gasteiger partial charge in [-0.25, -0.2) is 14.6 Å². The van der Waals surface area contributed by atoms with Crippen molar-refractivity contribution in [3.63, 3.8) is 0 Å². The van der Waals surface area contributed by atoms with Gasteiger partial charge in [0.25, 0.3) is 0 Å². The summed E-state index contributed by atoms with van der Waals surface area (Å²) >= 11 is 0. The van der Waals surface area contributed by atoms with E-state index in [-0.39, 0.29) is 0 Å². The van der Waals surface area contributed by atoms with Crippen LogP contribution in [0.4, 0.5) is 0 Å². The molecule has 7 nitrogen and oxygen atoms in total. The smallest absolute Gasteiger partial charge is 0.163 e. The van der Waals surface area contributed by atoms with Crippen LogP contribution in [0.1, 0.15) is 47.5 Å². The first-order valence-electron chi connectivity index (χ1n) is 15.9. The number of rotatable bonds is 7. The number of benzene rings is 4. The molecule has 3 aromatic heterocycles. The van der Waals surface area contributed by atoms with Gasteiger partial charge in [0.1, 0.15) is 23.1 Å². The van der Waals surface area contributed by atoms with Gasteiger partial charge in [-0.15, -0.1) is 0 Å². The molecule has 7 heteroatoms. The van der Waals surface area contributed by atoms with Crippen LogP contribution in [0.2, 0.25) is 0 Å². The molecule has 0 saturated carbocycles. The van der Waals surface area contributed by atoms with E-state index in [4.69, 9.17) is 19.8 Å². The summed E-state index contributed by atoms with van der Waals surface area (Å²) < 4.78 is 10.6. The molecule has 0 aliphatic rings. The third-order valence-electron chi connectivity index (χ3n) is 8.44. The normalized spacial score (nSPS) is 11.4. The SMILES string of the molecule is Cc1cc(C)c(-n2nc(C)nc2-c2cccc(Oc3ccc4c5cc(C#N)ccc5n(-c5ccc(CC(C)C)cn5)c4c3)c2)c(C)c1. The average Bonchev–Trinajstić information content (AvgIpc) is 3.57. The molecule has 232 valence electrons. The van der Waals surface area contributed by atoms with E-state index in [1.165, 1.54) is 11.1 Å². The fraction of sp³-hybridized carbons (Fsp3) is 0.200. The molecule has 0 spiro atoms. The zero-order chi connectivity index (χ0) is 32.8. The van der Waals surface area contributed by atoms with E-state index >= 15 is 0 Å². The van der Waals surface area contributed by atoms with Crippen LogP contribution in [0.25, 0.3) is 44.7 Å². The fourth-order valence-electron chi connectivity index (χ4n) is 6.62. The molecule has 0 fully saturated rings. The van der Waals surface area contributed by atoms with Crippen molar-refractivity contribution in [1.29, 1.82) is 5.26 Å². The lowest BCUT2D eigenvalue weighted by molar-refractivity contribution is 0.483. The van der Waals surface area contributed by atoms with Gasteiger partial charge in [-0.3, -0.25) is 4.57 Å². The van der Waals surface area contributed by atoms with Gasteiger partial charge in [0.2, 0.25) is 0 Å². The van der Waals surface area contributed by atoms with Crippen molar-refractivity contribution in [2.24, 2.45) is 5.92 Å². The second kappa shape index (κ2) is 11.9. The maximum Gasteiger partial charge on any atom is 0.163 e. The van der Waals surface area contributed by atoms with Crippen LogP contribution in [0.5, 0.6) is 11.5 Å². The number of ether oxygens (including phenoxy) is 1. The van der Waals surface area contributed by atoms with Gasteiger partial charge in [0.05, 0.1) is 28.4 Å². The molecule has 0 radical (unpaired) electrons. The molecular weight excluding hydrogens is 580 g/mol. The summed E-state index contributed by atoms with van der Waals surface area (Å²) in [7, 11) is 0. The van der Waals surface area contributed by atoms with E-state index in [1.54, 1.807) is 0 Å². The van der Waals surface area contributed by atoms with Gasteiger partial charge in [-0.2, -0.15) is 10.4 Å². The predicted octanol–water partition coefficient (Wildman–Crippen LogP) is 9.52. The van der Waals surface area contributed by atoms with Crippen molar-refractivity contribution in [3.8, 4) is 40.5 Å². The minimum atomic E-state index is 0.551. The number of aromatic nitrogens is 5. The van der Waals surface area contributed by atoms with E-state index in [0.717, 1.165) is 62.2 Å². The van der Waals surface area contributed by atoms with Crippen molar-refractivity contribution in [3.05, 3.63) is 125 Å². The third-order valence-corrected chi connectivity index (χ3v) is 8.44. The fourth-order valence-corrected chi connectivity index (χ4v) is 6.62. The Labute approximate surface area is 274 Å². The number of aryl methyl sites for hydroxylation is 4. The van der Waals surface area contributed by atoms with Crippen LogP contribution in [0.3, 0.4) is 0 Å². The monoisotopic (exact) mass is 616 g/mol. The van der Waals surface area contributed by atoms with Crippen LogP contribution in [0.15, 0.2) is 91.1 Å². The van der Waals surface area contributed by atoms with Gasteiger partial charge in [-0.05, 0) is 105 Å². The first-order valence-corrected chi connectivity index (χ1v) is 15.9. The zero-order valence-electron chi connectivity index (χ0n) is 27.5. The Kier molecular flexibility index (Phi) is 7.57. The minimum absolute atomic E-state index is 0.551. The van der Waals surface area contributed by atoms with Gasteiger partial charge in [0.15, 0.2) is 5.82 Å². The second-order valence-corrected chi connectivity index (χ2v) is 12.8. The predicted molar refractivity (Wildman–Crippen MR) is 188 cm³/mol. The van der Waals surface area contributed by atoms with Crippen molar-refractivity contribution in [2.75, 3.05) is 0 Å². The maximum absolute atomic E-state index is 9.63. The summed E-state index contributed by atoms with van der Waals surface area (Å²) in [4.78, 5) is 9.69.